The van der Waals surface area contributed by atoms with Crippen LogP contribution in [0.25, 0.3) is 0 Å². The molecular weight excluding hydrogens is 389 g/mol. The Bertz CT molecular complexity index is 684. The fourth-order valence-corrected chi connectivity index (χ4v) is 3.10. The van der Waals surface area contributed by atoms with Gasteiger partial charge in [0.25, 0.3) is 10.1 Å². The van der Waals surface area contributed by atoms with Gasteiger partial charge in [-0.1, -0.05) is 19.1 Å². The second-order valence-electron chi connectivity index (χ2n) is 4.23. The van der Waals surface area contributed by atoms with Gasteiger partial charge in [-0.2, -0.15) is 8.42 Å². The second-order valence-corrected chi connectivity index (χ2v) is 7.09. The van der Waals surface area contributed by atoms with Crippen molar-refractivity contribution in [3.05, 3.63) is 57.4 Å². The van der Waals surface area contributed by atoms with E-state index in [0.29, 0.717) is 0 Å². The quantitative estimate of drug-likeness (QED) is 0.569. The highest BCUT2D eigenvalue weighted by molar-refractivity contribution is 14.1. The van der Waals surface area contributed by atoms with Crippen LogP contribution >= 0.6 is 22.6 Å². The molecule has 0 N–H and O–H groups in total. The molecule has 0 atom stereocenters. The number of benzene rings is 1. The second kappa shape index (κ2) is 6.64. The Balaban J connectivity index is 2.10. The molecule has 0 spiro atoms. The summed E-state index contributed by atoms with van der Waals surface area (Å²) in [5, 5.41) is 0. The lowest BCUT2D eigenvalue weighted by atomic mass is 10.2. The first-order chi connectivity index (χ1) is 9.51. The van der Waals surface area contributed by atoms with E-state index in [1.807, 2.05) is 13.0 Å². The van der Waals surface area contributed by atoms with Gasteiger partial charge in [-0.05, 0) is 58.3 Å². The molecule has 0 aliphatic rings. The number of rotatable bonds is 5. The molecule has 4 nitrogen and oxygen atoms in total. The maximum absolute atomic E-state index is 12.0. The smallest absolute Gasteiger partial charge is 0.263 e. The summed E-state index contributed by atoms with van der Waals surface area (Å²) in [4.78, 5) is 4.17. The van der Waals surface area contributed by atoms with E-state index >= 15 is 0 Å². The normalized spacial score (nSPS) is 11.5. The summed E-state index contributed by atoms with van der Waals surface area (Å²) in [7, 11) is -3.73. The molecule has 1 heterocycles. The molecule has 0 aliphatic heterocycles. The van der Waals surface area contributed by atoms with Gasteiger partial charge in [-0.3, -0.25) is 9.17 Å². The van der Waals surface area contributed by atoms with Gasteiger partial charge in [0.2, 0.25) is 0 Å². The van der Waals surface area contributed by atoms with Crippen LogP contribution in [0.2, 0.25) is 0 Å². The minimum atomic E-state index is -3.73. The minimum absolute atomic E-state index is 0.0122. The molecule has 0 bridgehead atoms. The fraction of sp³-hybridized carbons (Fsp3) is 0.214. The summed E-state index contributed by atoms with van der Waals surface area (Å²) in [6.45, 7) is 2.01. The largest absolute Gasteiger partial charge is 0.297 e. The zero-order valence-electron chi connectivity index (χ0n) is 10.9. The van der Waals surface area contributed by atoms with E-state index in [2.05, 4.69) is 27.6 Å². The molecule has 0 unspecified atom stereocenters. The SMILES string of the molecule is CCc1ccc(S(=O)(=O)OCc2cncc(I)c2)cc1. The Hall–Kier alpha value is -0.990. The van der Waals surface area contributed by atoms with Crippen LogP contribution in [0.1, 0.15) is 18.1 Å². The van der Waals surface area contributed by atoms with Crippen molar-refractivity contribution in [2.45, 2.75) is 24.8 Å². The number of nitrogens with zero attached hydrogens (tertiary/aromatic N) is 1. The maximum atomic E-state index is 12.0. The van der Waals surface area contributed by atoms with Gasteiger partial charge < -0.3 is 0 Å². The standard InChI is InChI=1S/C14H14INO3S/c1-2-11-3-5-14(6-4-11)20(17,18)19-10-12-7-13(15)9-16-8-12/h3-9H,2,10H2,1H3. The highest BCUT2D eigenvalue weighted by Crippen LogP contribution is 2.16. The third-order valence-electron chi connectivity index (χ3n) is 2.76. The first kappa shape index (κ1) is 15.4. The number of aromatic nitrogens is 1. The van der Waals surface area contributed by atoms with Crippen molar-refractivity contribution in [3.63, 3.8) is 0 Å². The lowest BCUT2D eigenvalue weighted by molar-refractivity contribution is 0.307. The van der Waals surface area contributed by atoms with Crippen LogP contribution in [0.4, 0.5) is 0 Å². The molecule has 1 aromatic heterocycles. The van der Waals surface area contributed by atoms with Crippen LogP contribution in [0, 0.1) is 3.57 Å². The average Bonchev–Trinajstić information content (AvgIpc) is 2.45. The molecular formula is C14H14INO3S. The molecule has 2 aromatic rings. The molecule has 106 valence electrons. The van der Waals surface area contributed by atoms with Gasteiger partial charge in [-0.15, -0.1) is 0 Å². The van der Waals surface area contributed by atoms with Crippen molar-refractivity contribution < 1.29 is 12.6 Å². The van der Waals surface area contributed by atoms with Crippen molar-refractivity contribution >= 4 is 32.7 Å². The molecule has 0 aliphatic carbocycles. The Labute approximate surface area is 132 Å². The Morgan fingerprint density at radius 2 is 1.85 bits per heavy atom. The van der Waals surface area contributed by atoms with Crippen molar-refractivity contribution in [2.24, 2.45) is 0 Å². The van der Waals surface area contributed by atoms with Gasteiger partial charge in [0.1, 0.15) is 0 Å². The van der Waals surface area contributed by atoms with Gasteiger partial charge >= 0.3 is 0 Å². The fourth-order valence-electron chi connectivity index (χ4n) is 1.64. The zero-order valence-corrected chi connectivity index (χ0v) is 13.9. The van der Waals surface area contributed by atoms with Crippen LogP contribution in [0.3, 0.4) is 0 Å². The predicted octanol–water partition coefficient (Wildman–Crippen LogP) is 3.15. The van der Waals surface area contributed by atoms with Crippen LogP contribution < -0.4 is 0 Å². The number of pyridine rings is 1. The van der Waals surface area contributed by atoms with E-state index in [1.165, 1.54) is 0 Å². The molecule has 0 fully saturated rings. The summed E-state index contributed by atoms with van der Waals surface area (Å²) < 4.78 is 30.1. The van der Waals surface area contributed by atoms with E-state index in [0.717, 1.165) is 21.1 Å². The number of hydrogen-bond donors (Lipinski definition) is 0. The van der Waals surface area contributed by atoms with Crippen molar-refractivity contribution in [1.82, 2.24) is 4.98 Å². The molecule has 0 saturated heterocycles. The van der Waals surface area contributed by atoms with E-state index in [1.54, 1.807) is 36.7 Å². The lowest BCUT2D eigenvalue weighted by Crippen LogP contribution is -2.07. The summed E-state index contributed by atoms with van der Waals surface area (Å²) in [5.74, 6) is 0. The van der Waals surface area contributed by atoms with Crippen LogP contribution in [0.15, 0.2) is 47.6 Å². The first-order valence-electron chi connectivity index (χ1n) is 6.09. The molecule has 0 radical (unpaired) electrons. The number of aryl methyl sites for hydroxylation is 1. The molecule has 6 heteroatoms. The molecule has 0 amide bonds. The summed E-state index contributed by atoms with van der Waals surface area (Å²) in [5.41, 5.74) is 1.82. The van der Waals surface area contributed by atoms with Gasteiger partial charge in [0.05, 0.1) is 11.5 Å². The van der Waals surface area contributed by atoms with Gasteiger partial charge in [0, 0.05) is 16.0 Å². The molecule has 1 aromatic carbocycles. The van der Waals surface area contributed by atoms with Crippen LogP contribution in [-0.2, 0) is 27.3 Å². The summed E-state index contributed by atoms with van der Waals surface area (Å²) >= 11 is 2.12. The van der Waals surface area contributed by atoms with E-state index in [4.69, 9.17) is 4.18 Å². The summed E-state index contributed by atoms with van der Waals surface area (Å²) in [6, 6.07) is 8.57. The van der Waals surface area contributed by atoms with Crippen molar-refractivity contribution in [1.29, 1.82) is 0 Å². The minimum Gasteiger partial charge on any atom is -0.263 e. The van der Waals surface area contributed by atoms with E-state index in [9.17, 15) is 8.42 Å². The zero-order chi connectivity index (χ0) is 14.6. The Morgan fingerprint density at radius 3 is 2.45 bits per heavy atom. The topological polar surface area (TPSA) is 56.3 Å². The Kier molecular flexibility index (Phi) is 5.11. The van der Waals surface area contributed by atoms with Gasteiger partial charge in [0.15, 0.2) is 0 Å². The highest BCUT2D eigenvalue weighted by Gasteiger charge is 2.15. The van der Waals surface area contributed by atoms with E-state index < -0.39 is 10.1 Å². The van der Waals surface area contributed by atoms with E-state index in [-0.39, 0.29) is 11.5 Å². The van der Waals surface area contributed by atoms with Crippen LogP contribution in [0.5, 0.6) is 0 Å². The molecule has 2 rings (SSSR count). The third-order valence-corrected chi connectivity index (χ3v) is 4.63. The van der Waals surface area contributed by atoms with Gasteiger partial charge in [-0.25, -0.2) is 0 Å². The predicted molar refractivity (Wildman–Crippen MR) is 84.7 cm³/mol. The first-order valence-corrected chi connectivity index (χ1v) is 8.58. The monoisotopic (exact) mass is 403 g/mol. The Morgan fingerprint density at radius 1 is 1.15 bits per heavy atom. The molecule has 0 saturated carbocycles. The summed E-state index contributed by atoms with van der Waals surface area (Å²) in [6.07, 6.45) is 4.16. The average molecular weight is 403 g/mol. The molecule has 20 heavy (non-hydrogen) atoms. The number of halogens is 1. The maximum Gasteiger partial charge on any atom is 0.297 e. The van der Waals surface area contributed by atoms with Crippen molar-refractivity contribution in [3.8, 4) is 0 Å². The third kappa shape index (κ3) is 4.00. The highest BCUT2D eigenvalue weighted by atomic mass is 127. The number of hydrogen-bond acceptors (Lipinski definition) is 4. The van der Waals surface area contributed by atoms with Crippen LogP contribution in [-0.4, -0.2) is 13.4 Å². The lowest BCUT2D eigenvalue weighted by Gasteiger charge is -2.06. The van der Waals surface area contributed by atoms with Crippen molar-refractivity contribution in [2.75, 3.05) is 0 Å².